The standard InChI is InChI=1S/C20H17ClN4O/c21-18-3-1-14(12-23-18)11-16-7-10-25(20(16)26)19-4-2-17(13-24-19)15-5-8-22-9-6-15/h1-6,8-9,12-13,16H,7,10-11H2. The molecule has 4 heterocycles. The fraction of sp³-hybridized carbons (Fsp3) is 0.200. The van der Waals surface area contributed by atoms with Crippen LogP contribution in [0.3, 0.4) is 0 Å². The molecule has 1 aliphatic heterocycles. The molecule has 1 amide bonds. The van der Waals surface area contributed by atoms with Gasteiger partial charge in [0.05, 0.1) is 0 Å². The summed E-state index contributed by atoms with van der Waals surface area (Å²) in [6.07, 6.45) is 8.53. The number of carbonyl (C=O) groups excluding carboxylic acids is 1. The molecular formula is C20H17ClN4O. The Morgan fingerprint density at radius 2 is 1.85 bits per heavy atom. The molecule has 26 heavy (non-hydrogen) atoms. The van der Waals surface area contributed by atoms with Gasteiger partial charge in [-0.05, 0) is 54.3 Å². The molecule has 1 atom stereocenters. The zero-order chi connectivity index (χ0) is 17.9. The van der Waals surface area contributed by atoms with Gasteiger partial charge in [0.1, 0.15) is 11.0 Å². The van der Waals surface area contributed by atoms with Crippen LogP contribution in [0, 0.1) is 5.92 Å². The summed E-state index contributed by atoms with van der Waals surface area (Å²) in [5, 5.41) is 0.464. The molecule has 0 saturated carbocycles. The van der Waals surface area contributed by atoms with Crippen molar-refractivity contribution in [3.8, 4) is 11.1 Å². The molecule has 0 bridgehead atoms. The van der Waals surface area contributed by atoms with E-state index < -0.39 is 0 Å². The number of amides is 1. The van der Waals surface area contributed by atoms with Crippen LogP contribution in [0.25, 0.3) is 11.1 Å². The number of nitrogens with zero attached hydrogens (tertiary/aromatic N) is 4. The highest BCUT2D eigenvalue weighted by molar-refractivity contribution is 6.29. The Bertz CT molecular complexity index is 897. The molecule has 1 unspecified atom stereocenters. The molecule has 1 fully saturated rings. The third kappa shape index (κ3) is 3.44. The third-order valence-corrected chi connectivity index (χ3v) is 4.85. The molecule has 0 radical (unpaired) electrons. The van der Waals surface area contributed by atoms with E-state index in [2.05, 4.69) is 15.0 Å². The summed E-state index contributed by atoms with van der Waals surface area (Å²) in [7, 11) is 0. The van der Waals surface area contributed by atoms with Gasteiger partial charge in [0.15, 0.2) is 0 Å². The van der Waals surface area contributed by atoms with E-state index >= 15 is 0 Å². The topological polar surface area (TPSA) is 59.0 Å². The first-order valence-corrected chi connectivity index (χ1v) is 8.87. The first kappa shape index (κ1) is 16.7. The Hall–Kier alpha value is -2.79. The number of hydrogen-bond donors (Lipinski definition) is 0. The SMILES string of the molecule is O=C1C(Cc2ccc(Cl)nc2)CCN1c1ccc(-c2ccncc2)cn1. The van der Waals surface area contributed by atoms with Gasteiger partial charge in [-0.15, -0.1) is 0 Å². The Labute approximate surface area is 156 Å². The monoisotopic (exact) mass is 364 g/mol. The van der Waals surface area contributed by atoms with Crippen molar-refractivity contribution in [1.82, 2.24) is 15.0 Å². The van der Waals surface area contributed by atoms with Crippen molar-refractivity contribution in [3.05, 3.63) is 71.9 Å². The van der Waals surface area contributed by atoms with E-state index in [4.69, 9.17) is 11.6 Å². The average Bonchev–Trinajstić information content (AvgIpc) is 3.05. The van der Waals surface area contributed by atoms with Crippen LogP contribution in [0.2, 0.25) is 5.15 Å². The Morgan fingerprint density at radius 3 is 2.54 bits per heavy atom. The lowest BCUT2D eigenvalue weighted by atomic mass is 9.99. The van der Waals surface area contributed by atoms with Gasteiger partial charge in [-0.3, -0.25) is 14.7 Å². The first-order valence-electron chi connectivity index (χ1n) is 8.49. The highest BCUT2D eigenvalue weighted by atomic mass is 35.5. The van der Waals surface area contributed by atoms with Crippen molar-refractivity contribution < 1.29 is 4.79 Å². The molecular weight excluding hydrogens is 348 g/mol. The molecule has 0 aliphatic carbocycles. The minimum Gasteiger partial charge on any atom is -0.297 e. The van der Waals surface area contributed by atoms with Gasteiger partial charge in [-0.1, -0.05) is 17.7 Å². The van der Waals surface area contributed by atoms with Crippen LogP contribution in [0.4, 0.5) is 5.82 Å². The fourth-order valence-electron chi connectivity index (χ4n) is 3.23. The minimum atomic E-state index is -0.0420. The van der Waals surface area contributed by atoms with Crippen molar-refractivity contribution >= 4 is 23.3 Å². The summed E-state index contributed by atoms with van der Waals surface area (Å²) in [5.41, 5.74) is 3.09. The summed E-state index contributed by atoms with van der Waals surface area (Å²) >= 11 is 5.82. The lowest BCUT2D eigenvalue weighted by molar-refractivity contribution is -0.120. The molecule has 1 aliphatic rings. The third-order valence-electron chi connectivity index (χ3n) is 4.63. The molecule has 0 spiro atoms. The van der Waals surface area contributed by atoms with Gasteiger partial charge >= 0.3 is 0 Å². The number of anilines is 1. The van der Waals surface area contributed by atoms with Gasteiger partial charge in [0.25, 0.3) is 0 Å². The zero-order valence-electron chi connectivity index (χ0n) is 14.0. The van der Waals surface area contributed by atoms with Crippen LogP contribution < -0.4 is 4.90 Å². The van der Waals surface area contributed by atoms with E-state index in [1.165, 1.54) is 0 Å². The lowest BCUT2D eigenvalue weighted by Gasteiger charge is -2.16. The smallest absolute Gasteiger partial charge is 0.231 e. The van der Waals surface area contributed by atoms with E-state index in [1.54, 1.807) is 35.8 Å². The Kier molecular flexibility index (Phi) is 4.63. The number of hydrogen-bond acceptors (Lipinski definition) is 4. The van der Waals surface area contributed by atoms with Crippen LogP contribution in [0.15, 0.2) is 61.2 Å². The first-order chi connectivity index (χ1) is 12.7. The summed E-state index contributed by atoms with van der Waals surface area (Å²) in [6.45, 7) is 0.687. The maximum atomic E-state index is 12.8. The number of aromatic nitrogens is 3. The van der Waals surface area contributed by atoms with Gasteiger partial charge < -0.3 is 0 Å². The second-order valence-corrected chi connectivity index (χ2v) is 6.70. The predicted molar refractivity (Wildman–Crippen MR) is 101 cm³/mol. The van der Waals surface area contributed by atoms with Crippen LogP contribution >= 0.6 is 11.6 Å². The van der Waals surface area contributed by atoms with Crippen LogP contribution in [0.1, 0.15) is 12.0 Å². The van der Waals surface area contributed by atoms with Crippen molar-refractivity contribution in [2.24, 2.45) is 5.92 Å². The summed E-state index contributed by atoms with van der Waals surface area (Å²) < 4.78 is 0. The van der Waals surface area contributed by atoms with Crippen molar-refractivity contribution in [3.63, 3.8) is 0 Å². The van der Waals surface area contributed by atoms with E-state index in [1.807, 2.05) is 30.3 Å². The van der Waals surface area contributed by atoms with E-state index in [0.29, 0.717) is 23.9 Å². The Morgan fingerprint density at radius 1 is 1.00 bits per heavy atom. The Balaban J connectivity index is 1.47. The largest absolute Gasteiger partial charge is 0.297 e. The molecule has 4 rings (SSSR count). The molecule has 6 heteroatoms. The van der Waals surface area contributed by atoms with E-state index in [-0.39, 0.29) is 11.8 Å². The van der Waals surface area contributed by atoms with E-state index in [9.17, 15) is 4.79 Å². The average molecular weight is 365 g/mol. The normalized spacial score (nSPS) is 16.9. The number of carbonyl (C=O) groups is 1. The molecule has 130 valence electrons. The molecule has 3 aromatic rings. The number of rotatable bonds is 4. The van der Waals surface area contributed by atoms with Crippen molar-refractivity contribution in [2.45, 2.75) is 12.8 Å². The van der Waals surface area contributed by atoms with Gasteiger partial charge in [-0.25, -0.2) is 9.97 Å². The van der Waals surface area contributed by atoms with Crippen LogP contribution in [0.5, 0.6) is 0 Å². The van der Waals surface area contributed by atoms with Crippen LogP contribution in [-0.4, -0.2) is 27.4 Å². The molecule has 1 saturated heterocycles. The molecule has 5 nitrogen and oxygen atoms in total. The summed E-state index contributed by atoms with van der Waals surface area (Å²) in [6, 6.07) is 11.4. The molecule has 3 aromatic heterocycles. The lowest BCUT2D eigenvalue weighted by Crippen LogP contribution is -2.28. The van der Waals surface area contributed by atoms with Crippen molar-refractivity contribution in [2.75, 3.05) is 11.4 Å². The van der Waals surface area contributed by atoms with Gasteiger partial charge in [-0.2, -0.15) is 0 Å². The summed E-state index contributed by atoms with van der Waals surface area (Å²) in [5.74, 6) is 0.772. The fourth-order valence-corrected chi connectivity index (χ4v) is 3.34. The summed E-state index contributed by atoms with van der Waals surface area (Å²) in [4.78, 5) is 27.1. The maximum Gasteiger partial charge on any atom is 0.231 e. The number of halogens is 1. The quantitative estimate of drug-likeness (QED) is 0.661. The van der Waals surface area contributed by atoms with Gasteiger partial charge in [0.2, 0.25) is 5.91 Å². The van der Waals surface area contributed by atoms with Crippen LogP contribution in [-0.2, 0) is 11.2 Å². The van der Waals surface area contributed by atoms with Gasteiger partial charge in [0, 0.05) is 42.8 Å². The maximum absolute atomic E-state index is 12.8. The van der Waals surface area contributed by atoms with E-state index in [0.717, 1.165) is 23.1 Å². The minimum absolute atomic E-state index is 0.0420. The second-order valence-electron chi connectivity index (χ2n) is 6.31. The molecule has 0 aromatic carbocycles. The van der Waals surface area contributed by atoms with Crippen molar-refractivity contribution in [1.29, 1.82) is 0 Å². The second kappa shape index (κ2) is 7.22. The molecule has 0 N–H and O–H groups in total. The zero-order valence-corrected chi connectivity index (χ0v) is 14.8. The highest BCUT2D eigenvalue weighted by Gasteiger charge is 2.33. The number of pyridine rings is 3. The predicted octanol–water partition coefficient (Wildman–Crippen LogP) is 3.79. The highest BCUT2D eigenvalue weighted by Crippen LogP contribution is 2.28.